The highest BCUT2D eigenvalue weighted by Crippen LogP contribution is 2.26. The predicted octanol–water partition coefficient (Wildman–Crippen LogP) is 1.74. The Morgan fingerprint density at radius 1 is 1.36 bits per heavy atom. The Balaban J connectivity index is 2.38. The van der Waals surface area contributed by atoms with E-state index < -0.39 is 17.0 Å². The number of nitrogens with one attached hydrogen (secondary N) is 2. The second-order valence-corrected chi connectivity index (χ2v) is 6.80. The third-order valence-electron chi connectivity index (χ3n) is 3.19. The van der Waals surface area contributed by atoms with Crippen molar-refractivity contribution in [2.75, 3.05) is 5.73 Å². The molecule has 0 bridgehead atoms. The highest BCUT2D eigenvalue weighted by molar-refractivity contribution is 7.15. The minimum absolute atomic E-state index is 0.0128. The molecular formula is C13H16ClN5O2S. The van der Waals surface area contributed by atoms with Crippen LogP contribution >= 0.6 is 22.9 Å². The zero-order valence-corrected chi connectivity index (χ0v) is 14.1. The molecule has 0 saturated heterocycles. The molecule has 1 amide bonds. The summed E-state index contributed by atoms with van der Waals surface area (Å²) in [5.41, 5.74) is 5.21. The smallest absolute Gasteiger partial charge is 0.261 e. The molecule has 0 spiro atoms. The number of amides is 1. The first-order chi connectivity index (χ1) is 10.1. The standard InChI is InChI=1S/C13H16ClN5O2S/c1-5-7(9(20)16-6(2)8(5)14)10(21)17-13(3,4)11-18-19-12(15)22-11/h1-4H3,(H2,15,19)(H,16,20)(H,17,21). The number of rotatable bonds is 3. The molecule has 0 saturated carbocycles. The molecule has 22 heavy (non-hydrogen) atoms. The van der Waals surface area contributed by atoms with Crippen molar-refractivity contribution in [3.8, 4) is 0 Å². The first-order valence-corrected chi connectivity index (χ1v) is 7.64. The molecule has 0 unspecified atom stereocenters. The van der Waals surface area contributed by atoms with Gasteiger partial charge in [0.05, 0.1) is 10.6 Å². The molecule has 7 nitrogen and oxygen atoms in total. The molecule has 9 heteroatoms. The molecule has 0 atom stereocenters. The summed E-state index contributed by atoms with van der Waals surface area (Å²) < 4.78 is 0. The summed E-state index contributed by atoms with van der Waals surface area (Å²) in [6, 6.07) is 0. The number of aromatic amines is 1. The highest BCUT2D eigenvalue weighted by atomic mass is 35.5. The minimum Gasteiger partial charge on any atom is -0.374 e. The molecule has 2 rings (SSSR count). The molecule has 0 aliphatic heterocycles. The molecule has 0 aliphatic rings. The number of H-pyrrole nitrogens is 1. The highest BCUT2D eigenvalue weighted by Gasteiger charge is 2.29. The van der Waals surface area contributed by atoms with E-state index in [4.69, 9.17) is 17.3 Å². The van der Waals surface area contributed by atoms with E-state index in [0.717, 1.165) is 0 Å². The van der Waals surface area contributed by atoms with Crippen molar-refractivity contribution in [1.82, 2.24) is 20.5 Å². The maximum atomic E-state index is 12.5. The summed E-state index contributed by atoms with van der Waals surface area (Å²) in [7, 11) is 0. The van der Waals surface area contributed by atoms with Crippen LogP contribution in [0.1, 0.15) is 40.5 Å². The Morgan fingerprint density at radius 3 is 2.55 bits per heavy atom. The van der Waals surface area contributed by atoms with Gasteiger partial charge in [-0.1, -0.05) is 22.9 Å². The lowest BCUT2D eigenvalue weighted by Gasteiger charge is -2.23. The maximum Gasteiger partial charge on any atom is 0.261 e. The second-order valence-electron chi connectivity index (χ2n) is 5.42. The lowest BCUT2D eigenvalue weighted by Crippen LogP contribution is -2.43. The number of aryl methyl sites for hydroxylation is 1. The lowest BCUT2D eigenvalue weighted by atomic mass is 10.0. The number of anilines is 1. The Hall–Kier alpha value is -1.93. The topological polar surface area (TPSA) is 114 Å². The lowest BCUT2D eigenvalue weighted by molar-refractivity contribution is 0.0909. The number of aromatic nitrogens is 3. The Morgan fingerprint density at radius 2 is 2.00 bits per heavy atom. The molecule has 118 valence electrons. The van der Waals surface area contributed by atoms with E-state index >= 15 is 0 Å². The van der Waals surface area contributed by atoms with E-state index in [2.05, 4.69) is 20.5 Å². The Bertz CT molecular complexity index is 796. The number of pyridine rings is 1. The van der Waals surface area contributed by atoms with Gasteiger partial charge in [-0.25, -0.2) is 0 Å². The molecule has 2 aromatic rings. The summed E-state index contributed by atoms with van der Waals surface area (Å²) in [6.45, 7) is 6.82. The van der Waals surface area contributed by atoms with Crippen molar-refractivity contribution in [3.63, 3.8) is 0 Å². The van der Waals surface area contributed by atoms with Crippen LogP contribution in [0.15, 0.2) is 4.79 Å². The number of hydrogen-bond donors (Lipinski definition) is 3. The monoisotopic (exact) mass is 341 g/mol. The van der Waals surface area contributed by atoms with E-state index in [1.807, 2.05) is 0 Å². The average Bonchev–Trinajstić information content (AvgIpc) is 2.83. The van der Waals surface area contributed by atoms with E-state index in [1.54, 1.807) is 27.7 Å². The van der Waals surface area contributed by atoms with E-state index in [1.165, 1.54) is 11.3 Å². The molecule has 0 radical (unpaired) electrons. The van der Waals surface area contributed by atoms with Gasteiger partial charge in [0, 0.05) is 5.69 Å². The third-order valence-corrected chi connectivity index (χ3v) is 4.83. The first-order valence-electron chi connectivity index (χ1n) is 6.44. The molecule has 4 N–H and O–H groups in total. The molecule has 2 aromatic heterocycles. The molecule has 0 aliphatic carbocycles. The van der Waals surface area contributed by atoms with Gasteiger partial charge in [0.15, 0.2) is 0 Å². The summed E-state index contributed by atoms with van der Waals surface area (Å²) in [5.74, 6) is -0.528. The number of nitrogens with zero attached hydrogens (tertiary/aromatic N) is 2. The van der Waals surface area contributed by atoms with Crippen molar-refractivity contribution >= 4 is 34.0 Å². The normalized spacial score (nSPS) is 11.5. The molecule has 2 heterocycles. The van der Waals surface area contributed by atoms with Gasteiger partial charge in [0.2, 0.25) is 5.13 Å². The van der Waals surface area contributed by atoms with Crippen molar-refractivity contribution in [3.05, 3.63) is 37.2 Å². The summed E-state index contributed by atoms with van der Waals surface area (Å²) in [4.78, 5) is 27.1. The van der Waals surface area contributed by atoms with Gasteiger partial charge in [-0.15, -0.1) is 10.2 Å². The Kier molecular flexibility index (Phi) is 4.25. The molecular weight excluding hydrogens is 326 g/mol. The average molecular weight is 342 g/mol. The Labute approximate surface area is 135 Å². The van der Waals surface area contributed by atoms with Crippen molar-refractivity contribution in [2.24, 2.45) is 0 Å². The van der Waals surface area contributed by atoms with Crippen LogP contribution in [0.4, 0.5) is 5.13 Å². The van der Waals surface area contributed by atoms with Crippen LogP contribution in [0.2, 0.25) is 5.02 Å². The van der Waals surface area contributed by atoms with Crippen LogP contribution in [0.3, 0.4) is 0 Å². The van der Waals surface area contributed by atoms with Gasteiger partial charge in [0.1, 0.15) is 10.6 Å². The van der Waals surface area contributed by atoms with Crippen LogP contribution in [-0.4, -0.2) is 21.1 Å². The van der Waals surface area contributed by atoms with Crippen LogP contribution in [0.5, 0.6) is 0 Å². The van der Waals surface area contributed by atoms with Crippen LogP contribution < -0.4 is 16.6 Å². The van der Waals surface area contributed by atoms with Crippen molar-refractivity contribution < 1.29 is 4.79 Å². The number of nitrogen functional groups attached to an aromatic ring is 1. The van der Waals surface area contributed by atoms with Gasteiger partial charge >= 0.3 is 0 Å². The largest absolute Gasteiger partial charge is 0.374 e. The van der Waals surface area contributed by atoms with Crippen LogP contribution in [0.25, 0.3) is 0 Å². The predicted molar refractivity (Wildman–Crippen MR) is 86.4 cm³/mol. The zero-order valence-electron chi connectivity index (χ0n) is 12.6. The van der Waals surface area contributed by atoms with Crippen molar-refractivity contribution in [2.45, 2.75) is 33.2 Å². The minimum atomic E-state index is -0.817. The fourth-order valence-electron chi connectivity index (χ4n) is 2.01. The van der Waals surface area contributed by atoms with Crippen LogP contribution in [-0.2, 0) is 5.54 Å². The second kappa shape index (κ2) is 5.69. The molecule has 0 aromatic carbocycles. The van der Waals surface area contributed by atoms with Gasteiger partial charge in [-0.05, 0) is 33.3 Å². The van der Waals surface area contributed by atoms with E-state index in [-0.39, 0.29) is 5.56 Å². The van der Waals surface area contributed by atoms with Gasteiger partial charge in [-0.3, -0.25) is 9.59 Å². The number of carbonyl (C=O) groups is 1. The van der Waals surface area contributed by atoms with Gasteiger partial charge < -0.3 is 16.0 Å². The van der Waals surface area contributed by atoms with Crippen LogP contribution in [0, 0.1) is 13.8 Å². The number of nitrogens with two attached hydrogens (primary N) is 1. The van der Waals surface area contributed by atoms with E-state index in [0.29, 0.717) is 26.4 Å². The summed E-state index contributed by atoms with van der Waals surface area (Å²) >= 11 is 7.28. The van der Waals surface area contributed by atoms with E-state index in [9.17, 15) is 9.59 Å². The SMILES string of the molecule is Cc1[nH]c(=O)c(C(=O)NC(C)(C)c2nnc(N)s2)c(C)c1Cl. The summed E-state index contributed by atoms with van der Waals surface area (Å²) in [5, 5.41) is 11.6. The summed E-state index contributed by atoms with van der Waals surface area (Å²) in [6.07, 6.45) is 0. The van der Waals surface area contributed by atoms with Crippen molar-refractivity contribution in [1.29, 1.82) is 0 Å². The van der Waals surface area contributed by atoms with Gasteiger partial charge in [-0.2, -0.15) is 0 Å². The zero-order chi connectivity index (χ0) is 16.7. The fraction of sp³-hybridized carbons (Fsp3) is 0.385. The third kappa shape index (κ3) is 2.97. The fourth-order valence-corrected chi connectivity index (χ4v) is 2.82. The number of hydrogen-bond acceptors (Lipinski definition) is 6. The molecule has 0 fully saturated rings. The number of halogens is 1. The quantitative estimate of drug-likeness (QED) is 0.786. The maximum absolute atomic E-state index is 12.5. The number of carbonyl (C=O) groups excluding carboxylic acids is 1. The first kappa shape index (κ1) is 16.4. The van der Waals surface area contributed by atoms with Gasteiger partial charge in [0.25, 0.3) is 11.5 Å².